The second-order valence-electron chi connectivity index (χ2n) is 2.48. The van der Waals surface area contributed by atoms with Gasteiger partial charge in [0.2, 0.25) is 0 Å². The highest BCUT2D eigenvalue weighted by Crippen LogP contribution is 2.23. The molecule has 1 fully saturated rings. The predicted octanol–water partition coefficient (Wildman–Crippen LogP) is 0.701. The molecule has 1 saturated heterocycles. The van der Waals surface area contributed by atoms with Crippen molar-refractivity contribution in [1.82, 2.24) is 5.43 Å². The van der Waals surface area contributed by atoms with E-state index in [1.807, 2.05) is 11.8 Å². The molecule has 1 rings (SSSR count). The summed E-state index contributed by atoms with van der Waals surface area (Å²) in [5.74, 6) is 0.997. The van der Waals surface area contributed by atoms with Crippen molar-refractivity contribution >= 4 is 34.8 Å². The minimum Gasteiger partial charge on any atom is -0.375 e. The van der Waals surface area contributed by atoms with Gasteiger partial charge in [0.05, 0.1) is 0 Å². The number of rotatable bonds is 1. The van der Waals surface area contributed by atoms with Crippen LogP contribution < -0.4 is 11.2 Å². The summed E-state index contributed by atoms with van der Waals surface area (Å²) >= 11 is 6.51. The Balaban J connectivity index is 2.36. The molecule has 1 aliphatic rings. The molecule has 0 aromatic carbocycles. The Morgan fingerprint density at radius 1 is 1.91 bits per heavy atom. The number of nitrogens with zero attached hydrogens (tertiary/aromatic N) is 1. The molecular formula is C6H11N3S2. The summed E-state index contributed by atoms with van der Waals surface area (Å²) in [6.45, 7) is 2.19. The van der Waals surface area contributed by atoms with E-state index in [1.165, 1.54) is 0 Å². The van der Waals surface area contributed by atoms with E-state index in [2.05, 4.69) is 29.7 Å². The number of nitrogens with one attached hydrogen (secondary N) is 1. The lowest BCUT2D eigenvalue weighted by atomic mass is 10.2. The fourth-order valence-corrected chi connectivity index (χ4v) is 1.92. The van der Waals surface area contributed by atoms with Crippen molar-refractivity contribution in [3.8, 4) is 0 Å². The first-order valence-electron chi connectivity index (χ1n) is 3.41. The third-order valence-electron chi connectivity index (χ3n) is 1.38. The van der Waals surface area contributed by atoms with Gasteiger partial charge < -0.3 is 5.73 Å². The third kappa shape index (κ3) is 3.07. The molecule has 0 spiro atoms. The maximum Gasteiger partial charge on any atom is 0.184 e. The molecule has 1 atom stereocenters. The Labute approximate surface area is 75.8 Å². The minimum absolute atomic E-state index is 0.238. The number of hydrogen-bond donors (Lipinski definition) is 2. The van der Waals surface area contributed by atoms with E-state index >= 15 is 0 Å². The molecule has 0 bridgehead atoms. The van der Waals surface area contributed by atoms with Gasteiger partial charge in [-0.05, 0) is 18.6 Å². The zero-order valence-corrected chi connectivity index (χ0v) is 7.97. The van der Waals surface area contributed by atoms with Gasteiger partial charge in [0.25, 0.3) is 0 Å². The monoisotopic (exact) mass is 189 g/mol. The molecule has 0 aromatic rings. The molecular weight excluding hydrogens is 178 g/mol. The maximum atomic E-state index is 5.21. The van der Waals surface area contributed by atoms with E-state index in [0.29, 0.717) is 5.25 Å². The van der Waals surface area contributed by atoms with E-state index in [4.69, 9.17) is 5.73 Å². The highest BCUT2D eigenvalue weighted by Gasteiger charge is 2.16. The molecule has 62 valence electrons. The van der Waals surface area contributed by atoms with E-state index in [9.17, 15) is 0 Å². The van der Waals surface area contributed by atoms with Crippen LogP contribution in [-0.2, 0) is 0 Å². The molecule has 0 radical (unpaired) electrons. The molecule has 0 aromatic heterocycles. The Morgan fingerprint density at radius 3 is 3.09 bits per heavy atom. The standard InChI is InChI=1S/C6H11N3S2/c1-4-2-5(3-11-4)8-9-6(7)10/h4H,2-3H2,1H3,(H3,7,9,10). The van der Waals surface area contributed by atoms with Crippen LogP contribution in [0.3, 0.4) is 0 Å². The van der Waals surface area contributed by atoms with Crippen LogP contribution >= 0.6 is 24.0 Å². The summed E-state index contributed by atoms with van der Waals surface area (Å²) in [6.07, 6.45) is 1.04. The largest absolute Gasteiger partial charge is 0.375 e. The fraction of sp³-hybridized carbons (Fsp3) is 0.667. The van der Waals surface area contributed by atoms with Crippen LogP contribution in [0, 0.1) is 0 Å². The first-order chi connectivity index (χ1) is 5.18. The maximum absolute atomic E-state index is 5.21. The normalized spacial score (nSPS) is 27.4. The van der Waals surface area contributed by atoms with Crippen LogP contribution in [0.1, 0.15) is 13.3 Å². The van der Waals surface area contributed by atoms with E-state index < -0.39 is 0 Å². The van der Waals surface area contributed by atoms with Crippen molar-refractivity contribution in [2.45, 2.75) is 18.6 Å². The molecule has 0 amide bonds. The van der Waals surface area contributed by atoms with Gasteiger partial charge in [-0.25, -0.2) is 0 Å². The third-order valence-corrected chi connectivity index (χ3v) is 2.71. The summed E-state index contributed by atoms with van der Waals surface area (Å²) in [6, 6.07) is 0. The summed E-state index contributed by atoms with van der Waals surface area (Å²) in [5.41, 5.74) is 8.95. The number of hydrazone groups is 1. The predicted molar refractivity (Wildman–Crippen MR) is 53.9 cm³/mol. The first kappa shape index (κ1) is 8.80. The lowest BCUT2D eigenvalue weighted by molar-refractivity contribution is 0.979. The number of thiocarbonyl (C=S) groups is 1. The highest BCUT2D eigenvalue weighted by molar-refractivity contribution is 8.01. The topological polar surface area (TPSA) is 50.4 Å². The van der Waals surface area contributed by atoms with Crippen LogP contribution in [0.25, 0.3) is 0 Å². The first-order valence-corrected chi connectivity index (χ1v) is 4.86. The zero-order valence-electron chi connectivity index (χ0n) is 6.33. The zero-order chi connectivity index (χ0) is 8.27. The summed E-state index contributed by atoms with van der Waals surface area (Å²) < 4.78 is 0. The van der Waals surface area contributed by atoms with Gasteiger partial charge in [0.15, 0.2) is 5.11 Å². The second kappa shape index (κ2) is 3.92. The van der Waals surface area contributed by atoms with Gasteiger partial charge >= 0.3 is 0 Å². The molecule has 11 heavy (non-hydrogen) atoms. The van der Waals surface area contributed by atoms with E-state index in [0.717, 1.165) is 17.9 Å². The van der Waals surface area contributed by atoms with Crippen LogP contribution in [0.4, 0.5) is 0 Å². The van der Waals surface area contributed by atoms with Crippen molar-refractivity contribution < 1.29 is 0 Å². The highest BCUT2D eigenvalue weighted by atomic mass is 32.2. The molecule has 1 aliphatic heterocycles. The average molecular weight is 189 g/mol. The molecule has 1 heterocycles. The summed E-state index contributed by atoms with van der Waals surface area (Å²) in [4.78, 5) is 0. The van der Waals surface area contributed by atoms with Gasteiger partial charge in [-0.15, -0.1) is 0 Å². The van der Waals surface area contributed by atoms with Crippen LogP contribution in [-0.4, -0.2) is 21.8 Å². The Morgan fingerprint density at radius 2 is 2.64 bits per heavy atom. The lowest BCUT2D eigenvalue weighted by Gasteiger charge is -1.96. The average Bonchev–Trinajstić information content (AvgIpc) is 2.31. The molecule has 5 heteroatoms. The SMILES string of the molecule is CC1CC(=NNC(N)=S)CS1. The Bertz CT molecular complexity index is 190. The molecule has 0 saturated carbocycles. The number of thioether (sulfide) groups is 1. The lowest BCUT2D eigenvalue weighted by Crippen LogP contribution is -2.25. The molecule has 3 N–H and O–H groups in total. The minimum atomic E-state index is 0.238. The van der Waals surface area contributed by atoms with Crippen molar-refractivity contribution in [1.29, 1.82) is 0 Å². The quantitative estimate of drug-likeness (QED) is 0.471. The Kier molecular flexibility index (Phi) is 3.14. The molecule has 3 nitrogen and oxygen atoms in total. The van der Waals surface area contributed by atoms with Crippen molar-refractivity contribution in [2.75, 3.05) is 5.75 Å². The smallest absolute Gasteiger partial charge is 0.184 e. The fourth-order valence-electron chi connectivity index (χ4n) is 0.900. The van der Waals surface area contributed by atoms with Crippen molar-refractivity contribution in [3.63, 3.8) is 0 Å². The van der Waals surface area contributed by atoms with Gasteiger partial charge in [-0.3, -0.25) is 5.43 Å². The molecule has 1 unspecified atom stereocenters. The van der Waals surface area contributed by atoms with Crippen molar-refractivity contribution in [3.05, 3.63) is 0 Å². The van der Waals surface area contributed by atoms with Gasteiger partial charge in [-0.1, -0.05) is 6.92 Å². The van der Waals surface area contributed by atoms with Crippen molar-refractivity contribution in [2.24, 2.45) is 10.8 Å². The summed E-state index contributed by atoms with van der Waals surface area (Å²) in [5, 5.41) is 4.97. The van der Waals surface area contributed by atoms with E-state index in [1.54, 1.807) is 0 Å². The van der Waals surface area contributed by atoms with Crippen LogP contribution in [0.15, 0.2) is 5.10 Å². The second-order valence-corrected chi connectivity index (χ2v) is 4.35. The number of hydrogen-bond acceptors (Lipinski definition) is 3. The summed E-state index contributed by atoms with van der Waals surface area (Å²) in [7, 11) is 0. The van der Waals surface area contributed by atoms with Gasteiger partial charge in [0.1, 0.15) is 0 Å². The van der Waals surface area contributed by atoms with Crippen LogP contribution in [0.2, 0.25) is 0 Å². The van der Waals surface area contributed by atoms with Gasteiger partial charge in [0, 0.05) is 16.7 Å². The number of nitrogens with two attached hydrogens (primary N) is 1. The van der Waals surface area contributed by atoms with Gasteiger partial charge in [-0.2, -0.15) is 16.9 Å². The van der Waals surface area contributed by atoms with E-state index in [-0.39, 0.29) is 5.11 Å². The molecule has 0 aliphatic carbocycles. The van der Waals surface area contributed by atoms with Crippen LogP contribution in [0.5, 0.6) is 0 Å². The Hall–Kier alpha value is -0.290.